The van der Waals surface area contributed by atoms with Crippen molar-refractivity contribution in [2.45, 2.75) is 6.61 Å². The first-order chi connectivity index (χ1) is 13.2. The van der Waals surface area contributed by atoms with Gasteiger partial charge < -0.3 is 10.1 Å². The summed E-state index contributed by atoms with van der Waals surface area (Å²) >= 11 is 11.2. The van der Waals surface area contributed by atoms with Crippen LogP contribution < -0.4 is 15.5 Å². The van der Waals surface area contributed by atoms with E-state index in [1.165, 1.54) is 0 Å². The fourth-order valence-electron chi connectivity index (χ4n) is 2.35. The zero-order valence-corrected chi connectivity index (χ0v) is 16.0. The van der Waals surface area contributed by atoms with E-state index in [4.69, 9.17) is 28.6 Å². The Kier molecular flexibility index (Phi) is 6.79. The number of thiocarbonyl (C=S) groups is 1. The second-order valence-corrected chi connectivity index (χ2v) is 6.49. The number of nitrogens with one attached hydrogen (secondary N) is 2. The molecule has 0 amide bonds. The maximum Gasteiger partial charge on any atom is 0.191 e. The van der Waals surface area contributed by atoms with Gasteiger partial charge in [0.15, 0.2) is 5.11 Å². The van der Waals surface area contributed by atoms with Crippen LogP contribution in [0.3, 0.4) is 0 Å². The second kappa shape index (κ2) is 9.71. The third-order valence-electron chi connectivity index (χ3n) is 3.60. The molecule has 6 heteroatoms. The van der Waals surface area contributed by atoms with Gasteiger partial charge in [-0.25, -0.2) is 0 Å². The second-order valence-electron chi connectivity index (χ2n) is 5.65. The molecule has 0 aliphatic carbocycles. The minimum absolute atomic E-state index is 0.412. The molecule has 0 spiro atoms. The van der Waals surface area contributed by atoms with Gasteiger partial charge in [0.05, 0.1) is 6.21 Å². The quantitative estimate of drug-likeness (QED) is 0.340. The Morgan fingerprint density at radius 1 is 1.00 bits per heavy atom. The molecule has 0 unspecified atom stereocenters. The van der Waals surface area contributed by atoms with Crippen LogP contribution in [0.25, 0.3) is 0 Å². The van der Waals surface area contributed by atoms with Crippen LogP contribution in [0.2, 0.25) is 5.02 Å². The van der Waals surface area contributed by atoms with Crippen LogP contribution in [-0.2, 0) is 6.61 Å². The van der Waals surface area contributed by atoms with E-state index in [0.717, 1.165) is 22.6 Å². The van der Waals surface area contributed by atoms with Gasteiger partial charge in [-0.3, -0.25) is 5.43 Å². The van der Waals surface area contributed by atoms with Crippen molar-refractivity contribution < 1.29 is 4.74 Å². The number of benzene rings is 3. The predicted molar refractivity (Wildman–Crippen MR) is 116 cm³/mol. The number of rotatable bonds is 6. The zero-order valence-electron chi connectivity index (χ0n) is 14.4. The summed E-state index contributed by atoms with van der Waals surface area (Å²) in [6, 6.07) is 24.9. The SMILES string of the molecule is S=C(N/N=C\c1ccccc1OCc1cccc(Cl)c1)Nc1ccccc1. The number of ether oxygens (including phenoxy) is 1. The normalized spacial score (nSPS) is 10.6. The molecule has 0 radical (unpaired) electrons. The number of hydrazone groups is 1. The van der Waals surface area contributed by atoms with Crippen LogP contribution in [0, 0.1) is 0 Å². The van der Waals surface area contributed by atoms with E-state index in [0.29, 0.717) is 16.7 Å². The molecule has 0 aliphatic rings. The van der Waals surface area contributed by atoms with Crippen molar-refractivity contribution in [3.8, 4) is 5.75 Å². The topological polar surface area (TPSA) is 45.7 Å². The molecule has 0 fully saturated rings. The summed E-state index contributed by atoms with van der Waals surface area (Å²) in [4.78, 5) is 0. The summed E-state index contributed by atoms with van der Waals surface area (Å²) in [6.45, 7) is 0.423. The largest absolute Gasteiger partial charge is 0.488 e. The molecule has 3 rings (SSSR count). The molecule has 27 heavy (non-hydrogen) atoms. The Hall–Kier alpha value is -2.89. The summed E-state index contributed by atoms with van der Waals surface area (Å²) in [7, 11) is 0. The lowest BCUT2D eigenvalue weighted by Crippen LogP contribution is -2.23. The minimum atomic E-state index is 0.412. The molecule has 0 bridgehead atoms. The van der Waals surface area contributed by atoms with Crippen LogP contribution in [-0.4, -0.2) is 11.3 Å². The standard InChI is InChI=1S/C21H18ClN3OS/c22-18-9-6-7-16(13-18)15-26-20-12-5-4-8-17(20)14-23-25-21(27)24-19-10-2-1-3-11-19/h1-14H,15H2,(H2,24,25,27)/b23-14-. The number of anilines is 1. The number of hydrogen-bond acceptors (Lipinski definition) is 3. The summed E-state index contributed by atoms with van der Waals surface area (Å²) < 4.78 is 5.91. The molecule has 0 atom stereocenters. The van der Waals surface area contributed by atoms with Crippen LogP contribution in [0.4, 0.5) is 5.69 Å². The van der Waals surface area contributed by atoms with E-state index < -0.39 is 0 Å². The van der Waals surface area contributed by atoms with Crippen LogP contribution in [0.1, 0.15) is 11.1 Å². The number of para-hydroxylation sites is 2. The maximum atomic E-state index is 6.01. The third kappa shape index (κ3) is 6.09. The first kappa shape index (κ1) is 18.9. The summed E-state index contributed by atoms with van der Waals surface area (Å²) in [6.07, 6.45) is 1.67. The third-order valence-corrected chi connectivity index (χ3v) is 4.03. The summed E-state index contributed by atoms with van der Waals surface area (Å²) in [5.41, 5.74) is 5.55. The molecule has 3 aromatic rings. The highest BCUT2D eigenvalue weighted by Crippen LogP contribution is 2.19. The van der Waals surface area contributed by atoms with E-state index in [2.05, 4.69) is 15.8 Å². The molecule has 0 aromatic heterocycles. The molecule has 4 nitrogen and oxygen atoms in total. The van der Waals surface area contributed by atoms with Crippen molar-refractivity contribution in [2.75, 3.05) is 5.32 Å². The van der Waals surface area contributed by atoms with E-state index in [1.54, 1.807) is 6.21 Å². The van der Waals surface area contributed by atoms with Crippen molar-refractivity contribution in [2.24, 2.45) is 5.10 Å². The van der Waals surface area contributed by atoms with Gasteiger partial charge in [0.1, 0.15) is 12.4 Å². The van der Waals surface area contributed by atoms with Crippen molar-refractivity contribution in [3.05, 3.63) is 95.0 Å². The Labute approximate surface area is 168 Å². The zero-order chi connectivity index (χ0) is 18.9. The number of halogens is 1. The van der Waals surface area contributed by atoms with Crippen molar-refractivity contribution in [1.82, 2.24) is 5.43 Å². The summed E-state index contributed by atoms with van der Waals surface area (Å²) in [5, 5.41) is 8.35. The van der Waals surface area contributed by atoms with Gasteiger partial charge in [0, 0.05) is 16.3 Å². The van der Waals surface area contributed by atoms with Crippen LogP contribution in [0.5, 0.6) is 5.75 Å². The Morgan fingerprint density at radius 2 is 1.78 bits per heavy atom. The maximum absolute atomic E-state index is 6.01. The predicted octanol–water partition coefficient (Wildman–Crippen LogP) is 5.24. The minimum Gasteiger partial charge on any atom is -0.488 e. The summed E-state index contributed by atoms with van der Waals surface area (Å²) in [5.74, 6) is 0.727. The fourth-order valence-corrected chi connectivity index (χ4v) is 2.73. The van der Waals surface area contributed by atoms with Crippen LogP contribution in [0.15, 0.2) is 84.0 Å². The van der Waals surface area contributed by atoms with Crippen molar-refractivity contribution in [3.63, 3.8) is 0 Å². The monoisotopic (exact) mass is 395 g/mol. The fraction of sp³-hybridized carbons (Fsp3) is 0.0476. The molecule has 3 aromatic carbocycles. The lowest BCUT2D eigenvalue weighted by molar-refractivity contribution is 0.306. The first-order valence-corrected chi connectivity index (χ1v) is 9.11. The van der Waals surface area contributed by atoms with Gasteiger partial charge in [-0.1, -0.05) is 54.1 Å². The molecule has 0 aliphatic heterocycles. The van der Waals surface area contributed by atoms with Gasteiger partial charge >= 0.3 is 0 Å². The highest BCUT2D eigenvalue weighted by Gasteiger charge is 2.02. The molecule has 0 saturated heterocycles. The van der Waals surface area contributed by atoms with Crippen molar-refractivity contribution in [1.29, 1.82) is 0 Å². The molecular weight excluding hydrogens is 378 g/mol. The van der Waals surface area contributed by atoms with Gasteiger partial charge in [-0.05, 0) is 54.2 Å². The average Bonchev–Trinajstić information content (AvgIpc) is 2.68. The number of hydrogen-bond donors (Lipinski definition) is 2. The lowest BCUT2D eigenvalue weighted by atomic mass is 10.2. The molecule has 136 valence electrons. The van der Waals surface area contributed by atoms with E-state index in [-0.39, 0.29) is 0 Å². The molecular formula is C21H18ClN3OS. The number of nitrogens with zero attached hydrogens (tertiary/aromatic N) is 1. The highest BCUT2D eigenvalue weighted by atomic mass is 35.5. The van der Waals surface area contributed by atoms with Gasteiger partial charge in [0.25, 0.3) is 0 Å². The van der Waals surface area contributed by atoms with Gasteiger partial charge in [-0.15, -0.1) is 0 Å². The highest BCUT2D eigenvalue weighted by molar-refractivity contribution is 7.80. The van der Waals surface area contributed by atoms with Crippen molar-refractivity contribution >= 4 is 40.8 Å². The molecule has 2 N–H and O–H groups in total. The van der Waals surface area contributed by atoms with Crippen LogP contribution >= 0.6 is 23.8 Å². The van der Waals surface area contributed by atoms with E-state index in [9.17, 15) is 0 Å². The average molecular weight is 396 g/mol. The Bertz CT molecular complexity index is 931. The molecule has 0 saturated carbocycles. The Morgan fingerprint density at radius 3 is 2.59 bits per heavy atom. The van der Waals surface area contributed by atoms with Gasteiger partial charge in [-0.2, -0.15) is 5.10 Å². The molecule has 0 heterocycles. The smallest absolute Gasteiger partial charge is 0.191 e. The lowest BCUT2D eigenvalue weighted by Gasteiger charge is -2.10. The Balaban J connectivity index is 1.58. The first-order valence-electron chi connectivity index (χ1n) is 8.32. The van der Waals surface area contributed by atoms with Gasteiger partial charge in [0.2, 0.25) is 0 Å². The van der Waals surface area contributed by atoms with E-state index >= 15 is 0 Å². The van der Waals surface area contributed by atoms with E-state index in [1.807, 2.05) is 78.9 Å².